The highest BCUT2D eigenvalue weighted by Crippen LogP contribution is 2.39. The number of unbranched alkanes of at least 4 members (excludes halogenated alkanes) is 1. The van der Waals surface area contributed by atoms with Crippen LogP contribution >= 0.6 is 0 Å². The first kappa shape index (κ1) is 23.3. The molecule has 2 aromatic rings. The van der Waals surface area contributed by atoms with Crippen LogP contribution in [0.2, 0.25) is 0 Å². The Hall–Kier alpha value is -3.32. The van der Waals surface area contributed by atoms with Crippen LogP contribution in [-0.4, -0.2) is 55.7 Å². The normalized spacial score (nSPS) is 17.6. The largest absolute Gasteiger partial charge is 0.507 e. The van der Waals surface area contributed by atoms with Crippen molar-refractivity contribution in [3.05, 3.63) is 65.2 Å². The Morgan fingerprint density at radius 2 is 1.62 bits per heavy atom. The summed E-state index contributed by atoms with van der Waals surface area (Å²) in [5.74, 6) is -0.268. The lowest BCUT2D eigenvalue weighted by atomic mass is 9.95. The van der Waals surface area contributed by atoms with Gasteiger partial charge in [0.05, 0.1) is 31.9 Å². The molecule has 7 heteroatoms. The van der Waals surface area contributed by atoms with Crippen LogP contribution < -0.4 is 9.47 Å². The number of carbonyl (C=O) groups excluding carboxylic acids is 2. The maximum Gasteiger partial charge on any atom is 0.295 e. The number of hydrogen-bond acceptors (Lipinski definition) is 6. The lowest BCUT2D eigenvalue weighted by Gasteiger charge is -2.25. The van der Waals surface area contributed by atoms with E-state index in [1.54, 1.807) is 31.4 Å². The van der Waals surface area contributed by atoms with E-state index in [1.165, 1.54) is 12.0 Å². The van der Waals surface area contributed by atoms with Crippen molar-refractivity contribution in [3.8, 4) is 11.5 Å². The summed E-state index contributed by atoms with van der Waals surface area (Å²) in [6.07, 6.45) is 2.00. The van der Waals surface area contributed by atoms with E-state index < -0.39 is 17.7 Å². The molecular weight excluding hydrogens is 410 g/mol. The molecule has 1 saturated heterocycles. The molecule has 0 spiro atoms. The van der Waals surface area contributed by atoms with Gasteiger partial charge in [0, 0.05) is 19.2 Å². The smallest absolute Gasteiger partial charge is 0.295 e. The van der Waals surface area contributed by atoms with Crippen LogP contribution in [0.4, 0.5) is 0 Å². The molecule has 0 bridgehead atoms. The molecule has 2 aromatic carbocycles. The van der Waals surface area contributed by atoms with Crippen molar-refractivity contribution in [2.45, 2.75) is 25.8 Å². The third kappa shape index (κ3) is 4.94. The first-order valence-corrected chi connectivity index (χ1v) is 10.7. The van der Waals surface area contributed by atoms with E-state index in [0.717, 1.165) is 12.8 Å². The van der Waals surface area contributed by atoms with Gasteiger partial charge in [-0.1, -0.05) is 25.5 Å². The molecular formula is C25H29NO6. The monoisotopic (exact) mass is 439 g/mol. The fraction of sp³-hybridized carbons (Fsp3) is 0.360. The molecule has 1 amide bonds. The summed E-state index contributed by atoms with van der Waals surface area (Å²) in [6.45, 7) is 3.21. The van der Waals surface area contributed by atoms with Gasteiger partial charge in [0.15, 0.2) is 0 Å². The molecule has 7 nitrogen and oxygen atoms in total. The van der Waals surface area contributed by atoms with Crippen molar-refractivity contribution < 1.29 is 28.9 Å². The van der Waals surface area contributed by atoms with Crippen molar-refractivity contribution in [2.24, 2.45) is 0 Å². The zero-order valence-corrected chi connectivity index (χ0v) is 18.7. The summed E-state index contributed by atoms with van der Waals surface area (Å²) in [5, 5.41) is 11.0. The maximum atomic E-state index is 12.9. The molecule has 0 radical (unpaired) electrons. The number of nitrogens with zero attached hydrogens (tertiary/aromatic N) is 1. The number of hydrogen-bond donors (Lipinski definition) is 1. The summed E-state index contributed by atoms with van der Waals surface area (Å²) in [6, 6.07) is 13.2. The second-order valence-corrected chi connectivity index (χ2v) is 7.48. The lowest BCUT2D eigenvalue weighted by Crippen LogP contribution is -2.32. The molecule has 3 rings (SSSR count). The van der Waals surface area contributed by atoms with E-state index in [1.807, 2.05) is 24.3 Å². The Morgan fingerprint density at radius 1 is 0.969 bits per heavy atom. The van der Waals surface area contributed by atoms with E-state index in [-0.39, 0.29) is 24.5 Å². The molecule has 1 atom stereocenters. The minimum Gasteiger partial charge on any atom is -0.507 e. The second-order valence-electron chi connectivity index (χ2n) is 7.48. The summed E-state index contributed by atoms with van der Waals surface area (Å²) in [7, 11) is 3.08. The van der Waals surface area contributed by atoms with E-state index in [2.05, 4.69) is 6.92 Å². The van der Waals surface area contributed by atoms with Gasteiger partial charge in [0.1, 0.15) is 17.3 Å². The Balaban J connectivity index is 2.01. The predicted molar refractivity (Wildman–Crippen MR) is 121 cm³/mol. The Morgan fingerprint density at radius 3 is 2.22 bits per heavy atom. The van der Waals surface area contributed by atoms with Crippen molar-refractivity contribution in [3.63, 3.8) is 0 Å². The van der Waals surface area contributed by atoms with Gasteiger partial charge in [-0.25, -0.2) is 0 Å². The van der Waals surface area contributed by atoms with Gasteiger partial charge in [-0.2, -0.15) is 0 Å². The average molecular weight is 440 g/mol. The number of carbonyl (C=O) groups is 2. The number of aliphatic hydroxyl groups excluding tert-OH is 1. The van der Waals surface area contributed by atoms with Gasteiger partial charge < -0.3 is 24.2 Å². The SMILES string of the molecule is CCCCOc1ccc(C2C(=C(O)c3ccc(OC)cc3)C(=O)C(=O)N2CCOC)cc1. The number of ketones is 1. The first-order valence-electron chi connectivity index (χ1n) is 10.7. The molecule has 32 heavy (non-hydrogen) atoms. The zero-order chi connectivity index (χ0) is 23.1. The van der Waals surface area contributed by atoms with Gasteiger partial charge >= 0.3 is 0 Å². The Bertz CT molecular complexity index is 965. The fourth-order valence-corrected chi connectivity index (χ4v) is 3.63. The van der Waals surface area contributed by atoms with Crippen LogP contribution in [0.15, 0.2) is 54.1 Å². The number of amides is 1. The van der Waals surface area contributed by atoms with Gasteiger partial charge in [-0.15, -0.1) is 0 Å². The predicted octanol–water partition coefficient (Wildman–Crippen LogP) is 3.94. The van der Waals surface area contributed by atoms with Crippen molar-refractivity contribution in [1.29, 1.82) is 0 Å². The quantitative estimate of drug-likeness (QED) is 0.261. The molecule has 0 aliphatic carbocycles. The number of methoxy groups -OCH3 is 2. The van der Waals surface area contributed by atoms with Gasteiger partial charge in [-0.05, 0) is 48.4 Å². The molecule has 1 unspecified atom stereocenters. The van der Waals surface area contributed by atoms with E-state index in [4.69, 9.17) is 14.2 Å². The number of aliphatic hydroxyl groups is 1. The molecule has 1 aliphatic rings. The number of ether oxygens (including phenoxy) is 3. The standard InChI is InChI=1S/C25H29NO6/c1-4-5-15-32-20-12-6-17(7-13-20)22-21(24(28)25(29)26(22)14-16-30-2)23(27)18-8-10-19(31-3)11-9-18/h6-13,22,27H,4-5,14-16H2,1-3H3. The summed E-state index contributed by atoms with van der Waals surface area (Å²) in [5.41, 5.74) is 1.19. The van der Waals surface area contributed by atoms with Crippen LogP contribution in [0.1, 0.15) is 36.9 Å². The van der Waals surface area contributed by atoms with Crippen LogP contribution in [0.25, 0.3) is 5.76 Å². The molecule has 0 aromatic heterocycles. The summed E-state index contributed by atoms with van der Waals surface area (Å²) < 4.78 is 16.0. The van der Waals surface area contributed by atoms with Crippen LogP contribution in [0.5, 0.6) is 11.5 Å². The second kappa shape index (κ2) is 10.8. The lowest BCUT2D eigenvalue weighted by molar-refractivity contribution is -0.140. The Kier molecular flexibility index (Phi) is 7.89. The fourth-order valence-electron chi connectivity index (χ4n) is 3.63. The third-order valence-corrected chi connectivity index (χ3v) is 5.40. The number of Topliss-reactive ketones (excluding diaryl/α,β-unsaturated/α-hetero) is 1. The highest BCUT2D eigenvalue weighted by molar-refractivity contribution is 6.46. The van der Waals surface area contributed by atoms with E-state index >= 15 is 0 Å². The molecule has 1 fully saturated rings. The van der Waals surface area contributed by atoms with Crippen LogP contribution in [0, 0.1) is 0 Å². The van der Waals surface area contributed by atoms with Gasteiger partial charge in [-0.3, -0.25) is 9.59 Å². The average Bonchev–Trinajstić information content (AvgIpc) is 3.07. The molecule has 1 N–H and O–H groups in total. The number of rotatable bonds is 10. The zero-order valence-electron chi connectivity index (χ0n) is 18.7. The molecule has 0 saturated carbocycles. The van der Waals surface area contributed by atoms with E-state index in [9.17, 15) is 14.7 Å². The topological polar surface area (TPSA) is 85.3 Å². The van der Waals surface area contributed by atoms with Crippen molar-refractivity contribution in [2.75, 3.05) is 34.0 Å². The molecule has 1 heterocycles. The van der Waals surface area contributed by atoms with Crippen molar-refractivity contribution >= 4 is 17.4 Å². The first-order chi connectivity index (χ1) is 15.5. The summed E-state index contributed by atoms with van der Waals surface area (Å²) >= 11 is 0. The van der Waals surface area contributed by atoms with Gasteiger partial charge in [0.25, 0.3) is 11.7 Å². The maximum absolute atomic E-state index is 12.9. The third-order valence-electron chi connectivity index (χ3n) is 5.40. The van der Waals surface area contributed by atoms with Crippen LogP contribution in [0.3, 0.4) is 0 Å². The number of benzene rings is 2. The minimum atomic E-state index is -0.725. The molecule has 170 valence electrons. The Labute approximate surface area is 188 Å². The van der Waals surface area contributed by atoms with Gasteiger partial charge in [0.2, 0.25) is 0 Å². The minimum absolute atomic E-state index is 0.0518. The number of likely N-dealkylation sites (tertiary alicyclic amines) is 1. The molecule has 1 aliphatic heterocycles. The van der Waals surface area contributed by atoms with E-state index in [0.29, 0.717) is 29.2 Å². The highest BCUT2D eigenvalue weighted by atomic mass is 16.5. The highest BCUT2D eigenvalue weighted by Gasteiger charge is 2.45. The summed E-state index contributed by atoms with van der Waals surface area (Å²) in [4.78, 5) is 27.2. The van der Waals surface area contributed by atoms with Crippen molar-refractivity contribution in [1.82, 2.24) is 4.90 Å². The van der Waals surface area contributed by atoms with Crippen LogP contribution in [-0.2, 0) is 14.3 Å².